The summed E-state index contributed by atoms with van der Waals surface area (Å²) in [5.74, 6) is -0.0287. The summed E-state index contributed by atoms with van der Waals surface area (Å²) in [5, 5.41) is 32.0. The lowest BCUT2D eigenvalue weighted by atomic mass is 9.98. The number of alkyl carbamates (subject to hydrolysis) is 1. The number of aliphatic hydroxyl groups excluding tert-OH is 2. The Morgan fingerprint density at radius 1 is 1.03 bits per heavy atom. The average Bonchev–Trinajstić information content (AvgIpc) is 3.16. The monoisotopic (exact) mass is 429 g/mol. The fourth-order valence-corrected chi connectivity index (χ4v) is 4.00. The summed E-state index contributed by atoms with van der Waals surface area (Å²) >= 11 is 0. The third-order valence-corrected chi connectivity index (χ3v) is 5.61. The SMILES string of the molecule is N#Cc1cccc(C(O)C(O)CCNC(=O)OCC2c3ccccc3-c3ccccc32)n1. The van der Waals surface area contributed by atoms with Gasteiger partial charge in [-0.15, -0.1) is 0 Å². The van der Waals surface area contributed by atoms with Gasteiger partial charge in [-0.1, -0.05) is 54.6 Å². The number of rotatable bonds is 7. The highest BCUT2D eigenvalue weighted by Crippen LogP contribution is 2.44. The van der Waals surface area contributed by atoms with Gasteiger partial charge >= 0.3 is 6.09 Å². The van der Waals surface area contributed by atoms with Crippen molar-refractivity contribution >= 4 is 6.09 Å². The zero-order chi connectivity index (χ0) is 22.5. The number of ether oxygens (including phenoxy) is 1. The molecule has 0 saturated heterocycles. The maximum atomic E-state index is 12.2. The lowest BCUT2D eigenvalue weighted by Gasteiger charge is -2.18. The first-order valence-corrected chi connectivity index (χ1v) is 10.4. The Labute approximate surface area is 185 Å². The van der Waals surface area contributed by atoms with Crippen molar-refractivity contribution in [2.45, 2.75) is 24.5 Å². The van der Waals surface area contributed by atoms with Crippen LogP contribution in [0.15, 0.2) is 66.7 Å². The summed E-state index contributed by atoms with van der Waals surface area (Å²) < 4.78 is 5.45. The second kappa shape index (κ2) is 9.60. The summed E-state index contributed by atoms with van der Waals surface area (Å²) in [5.41, 5.74) is 4.94. The smallest absolute Gasteiger partial charge is 0.407 e. The van der Waals surface area contributed by atoms with E-state index >= 15 is 0 Å². The van der Waals surface area contributed by atoms with Crippen molar-refractivity contribution in [1.29, 1.82) is 5.26 Å². The molecule has 0 fully saturated rings. The topological polar surface area (TPSA) is 115 Å². The molecule has 162 valence electrons. The van der Waals surface area contributed by atoms with Gasteiger partial charge < -0.3 is 20.3 Å². The highest BCUT2D eigenvalue weighted by molar-refractivity contribution is 5.79. The van der Waals surface area contributed by atoms with E-state index in [9.17, 15) is 15.0 Å². The van der Waals surface area contributed by atoms with Crippen molar-refractivity contribution in [1.82, 2.24) is 10.3 Å². The van der Waals surface area contributed by atoms with Gasteiger partial charge in [0.1, 0.15) is 24.5 Å². The number of benzene rings is 2. The van der Waals surface area contributed by atoms with Gasteiger partial charge in [-0.05, 0) is 40.8 Å². The Morgan fingerprint density at radius 2 is 1.69 bits per heavy atom. The highest BCUT2D eigenvalue weighted by Gasteiger charge is 2.29. The fraction of sp³-hybridized carbons (Fsp3) is 0.240. The minimum atomic E-state index is -1.26. The maximum Gasteiger partial charge on any atom is 0.407 e. The predicted molar refractivity (Wildman–Crippen MR) is 118 cm³/mol. The molecule has 0 saturated carbocycles. The fourth-order valence-electron chi connectivity index (χ4n) is 4.00. The Hall–Kier alpha value is -3.73. The first kappa shape index (κ1) is 21.5. The molecule has 1 aliphatic rings. The van der Waals surface area contributed by atoms with Crippen molar-refractivity contribution in [2.75, 3.05) is 13.2 Å². The van der Waals surface area contributed by atoms with E-state index in [0.29, 0.717) is 0 Å². The molecule has 0 aliphatic heterocycles. The number of nitrogens with one attached hydrogen (secondary N) is 1. The molecule has 1 amide bonds. The largest absolute Gasteiger partial charge is 0.449 e. The van der Waals surface area contributed by atoms with Gasteiger partial charge in [0.15, 0.2) is 0 Å². The van der Waals surface area contributed by atoms with Crippen LogP contribution in [-0.4, -0.2) is 40.5 Å². The van der Waals surface area contributed by atoms with Gasteiger partial charge in [-0.3, -0.25) is 0 Å². The van der Waals surface area contributed by atoms with Crippen LogP contribution in [-0.2, 0) is 4.74 Å². The van der Waals surface area contributed by atoms with Crippen molar-refractivity contribution < 1.29 is 19.7 Å². The first-order chi connectivity index (χ1) is 15.6. The molecule has 3 aromatic rings. The van der Waals surface area contributed by atoms with Crippen molar-refractivity contribution in [2.24, 2.45) is 0 Å². The van der Waals surface area contributed by atoms with E-state index in [1.54, 1.807) is 6.07 Å². The van der Waals surface area contributed by atoms with Gasteiger partial charge in [-0.2, -0.15) is 5.26 Å². The summed E-state index contributed by atoms with van der Waals surface area (Å²) in [7, 11) is 0. The van der Waals surface area contributed by atoms with E-state index in [-0.39, 0.29) is 36.9 Å². The number of carbonyl (C=O) groups is 1. The molecule has 1 heterocycles. The number of fused-ring (bicyclic) bond motifs is 3. The number of aromatic nitrogens is 1. The number of carbonyl (C=O) groups excluding carboxylic acids is 1. The van der Waals surface area contributed by atoms with Crippen LogP contribution in [0.3, 0.4) is 0 Å². The number of pyridine rings is 1. The molecule has 4 rings (SSSR count). The molecule has 0 spiro atoms. The van der Waals surface area contributed by atoms with E-state index in [0.717, 1.165) is 22.3 Å². The van der Waals surface area contributed by atoms with Crippen molar-refractivity contribution in [3.8, 4) is 17.2 Å². The summed E-state index contributed by atoms with van der Waals surface area (Å²) in [6.45, 7) is 0.322. The second-order valence-electron chi connectivity index (χ2n) is 7.61. The molecule has 1 aliphatic carbocycles. The third kappa shape index (κ3) is 4.47. The number of aliphatic hydroxyl groups is 2. The molecule has 0 radical (unpaired) electrons. The van der Waals surface area contributed by atoms with Gasteiger partial charge in [0.05, 0.1) is 11.8 Å². The van der Waals surface area contributed by atoms with Gasteiger partial charge in [-0.25, -0.2) is 9.78 Å². The van der Waals surface area contributed by atoms with Crippen LogP contribution < -0.4 is 5.32 Å². The number of hydrogen-bond acceptors (Lipinski definition) is 6. The molecule has 7 nitrogen and oxygen atoms in total. The van der Waals surface area contributed by atoms with Crippen molar-refractivity contribution in [3.05, 3.63) is 89.2 Å². The van der Waals surface area contributed by atoms with E-state index in [4.69, 9.17) is 10.00 Å². The summed E-state index contributed by atoms with van der Waals surface area (Å²) in [6.07, 6.45) is -2.89. The molecule has 7 heteroatoms. The van der Waals surface area contributed by atoms with Crippen LogP contribution in [0.2, 0.25) is 0 Å². The molecule has 1 aromatic heterocycles. The van der Waals surface area contributed by atoms with Crippen LogP contribution in [0.25, 0.3) is 11.1 Å². The zero-order valence-corrected chi connectivity index (χ0v) is 17.3. The average molecular weight is 429 g/mol. The Bertz CT molecular complexity index is 1110. The van der Waals surface area contributed by atoms with Crippen LogP contribution in [0, 0.1) is 11.3 Å². The van der Waals surface area contributed by atoms with Crippen LogP contribution in [0.1, 0.15) is 41.0 Å². The standard InChI is InChI=1S/C25H23N3O4/c26-14-16-6-5-11-22(28-16)24(30)23(29)12-13-27-25(31)32-15-21-19-9-3-1-7-17(19)18-8-2-4-10-20(18)21/h1-11,21,23-24,29-30H,12-13,15H2,(H,27,31). The Kier molecular flexibility index (Phi) is 6.45. The van der Waals surface area contributed by atoms with Crippen LogP contribution in [0.4, 0.5) is 4.79 Å². The van der Waals surface area contributed by atoms with Gasteiger partial charge in [0.2, 0.25) is 0 Å². The Morgan fingerprint density at radius 3 is 2.34 bits per heavy atom. The third-order valence-electron chi connectivity index (χ3n) is 5.61. The summed E-state index contributed by atoms with van der Waals surface area (Å²) in [4.78, 5) is 16.2. The van der Waals surface area contributed by atoms with E-state index in [2.05, 4.69) is 22.4 Å². The van der Waals surface area contributed by atoms with E-state index in [1.165, 1.54) is 12.1 Å². The maximum absolute atomic E-state index is 12.2. The molecule has 2 aromatic carbocycles. The summed E-state index contributed by atoms with van der Waals surface area (Å²) in [6, 6.07) is 22.7. The first-order valence-electron chi connectivity index (χ1n) is 10.4. The molecule has 32 heavy (non-hydrogen) atoms. The number of amides is 1. The minimum Gasteiger partial charge on any atom is -0.449 e. The molecular formula is C25H23N3O4. The zero-order valence-electron chi connectivity index (χ0n) is 17.3. The van der Waals surface area contributed by atoms with Gasteiger partial charge in [0.25, 0.3) is 0 Å². The molecule has 2 atom stereocenters. The lowest BCUT2D eigenvalue weighted by molar-refractivity contribution is 0.0111. The Balaban J connectivity index is 1.28. The molecule has 2 unspecified atom stereocenters. The number of nitrogens with zero attached hydrogens (tertiary/aromatic N) is 2. The van der Waals surface area contributed by atoms with E-state index in [1.807, 2.05) is 42.5 Å². The number of nitriles is 1. The quantitative estimate of drug-likeness (QED) is 0.531. The van der Waals surface area contributed by atoms with Crippen LogP contribution >= 0.6 is 0 Å². The van der Waals surface area contributed by atoms with Gasteiger partial charge in [0, 0.05) is 12.5 Å². The normalized spacial score (nSPS) is 14.0. The second-order valence-corrected chi connectivity index (χ2v) is 7.61. The molecule has 3 N–H and O–H groups in total. The molecular weight excluding hydrogens is 406 g/mol. The number of hydrogen-bond donors (Lipinski definition) is 3. The van der Waals surface area contributed by atoms with Crippen molar-refractivity contribution in [3.63, 3.8) is 0 Å². The lowest BCUT2D eigenvalue weighted by Crippen LogP contribution is -2.31. The van der Waals surface area contributed by atoms with Crippen LogP contribution in [0.5, 0.6) is 0 Å². The minimum absolute atomic E-state index is 0.0287. The predicted octanol–water partition coefficient (Wildman–Crippen LogP) is 3.28. The van der Waals surface area contributed by atoms with E-state index < -0.39 is 18.3 Å². The highest BCUT2D eigenvalue weighted by atomic mass is 16.5. The molecule has 0 bridgehead atoms.